The van der Waals surface area contributed by atoms with E-state index < -0.39 is 10.0 Å². The quantitative estimate of drug-likeness (QED) is 0.626. The first-order chi connectivity index (χ1) is 11.1. The molecule has 0 bridgehead atoms. The Balaban J connectivity index is 1.43. The van der Waals surface area contributed by atoms with E-state index in [0.29, 0.717) is 11.4 Å². The summed E-state index contributed by atoms with van der Waals surface area (Å²) >= 11 is 0. The molecule has 5 heteroatoms. The highest BCUT2D eigenvalue weighted by Crippen LogP contribution is 2.41. The lowest BCUT2D eigenvalue weighted by Gasteiger charge is -2.06. The van der Waals surface area contributed by atoms with E-state index in [1.54, 1.807) is 24.3 Å². The molecule has 0 radical (unpaired) electrons. The van der Waals surface area contributed by atoms with Crippen LogP contribution in [0.1, 0.15) is 30.1 Å². The monoisotopic (exact) mass is 331 g/mol. The highest BCUT2D eigenvalue weighted by molar-refractivity contribution is 7.89. The van der Waals surface area contributed by atoms with Crippen molar-refractivity contribution < 1.29 is 13.2 Å². The fourth-order valence-electron chi connectivity index (χ4n) is 2.61. The molecular formula is C18H21NO3S. The largest absolute Gasteiger partial charge is 0.365 e. The molecule has 0 unspecified atom stereocenters. The first-order valence-electron chi connectivity index (χ1n) is 7.83. The van der Waals surface area contributed by atoms with Crippen molar-refractivity contribution in [3.63, 3.8) is 0 Å². The number of epoxide rings is 1. The third-order valence-electron chi connectivity index (χ3n) is 4.00. The molecular weight excluding hydrogens is 310 g/mol. The average Bonchev–Trinajstić information content (AvgIpc) is 3.32. The zero-order chi connectivity index (χ0) is 16.3. The lowest BCUT2D eigenvalue weighted by atomic mass is 10.1. The summed E-state index contributed by atoms with van der Waals surface area (Å²) in [6.07, 6.45) is 2.00. The zero-order valence-corrected chi connectivity index (χ0v) is 13.9. The van der Waals surface area contributed by atoms with Crippen LogP contribution in [0.5, 0.6) is 0 Å². The van der Waals surface area contributed by atoms with Crippen molar-refractivity contribution in [2.75, 3.05) is 6.54 Å². The number of rotatable bonds is 7. The van der Waals surface area contributed by atoms with Crippen molar-refractivity contribution in [1.29, 1.82) is 0 Å². The average molecular weight is 331 g/mol. The zero-order valence-electron chi connectivity index (χ0n) is 13.1. The minimum atomic E-state index is -3.41. The summed E-state index contributed by atoms with van der Waals surface area (Å²) in [7, 11) is -3.41. The van der Waals surface area contributed by atoms with Gasteiger partial charge in [-0.15, -0.1) is 0 Å². The van der Waals surface area contributed by atoms with Gasteiger partial charge < -0.3 is 4.74 Å². The van der Waals surface area contributed by atoms with E-state index in [2.05, 4.69) is 16.9 Å². The summed E-state index contributed by atoms with van der Waals surface area (Å²) in [5, 5.41) is 0. The van der Waals surface area contributed by atoms with Gasteiger partial charge in [0.1, 0.15) is 6.10 Å². The number of ether oxygens (including phenoxy) is 1. The van der Waals surface area contributed by atoms with Gasteiger partial charge in [0.25, 0.3) is 0 Å². The van der Waals surface area contributed by atoms with Crippen LogP contribution in [0.2, 0.25) is 0 Å². The van der Waals surface area contributed by atoms with Crippen molar-refractivity contribution in [3.05, 3.63) is 65.7 Å². The van der Waals surface area contributed by atoms with Crippen molar-refractivity contribution in [3.8, 4) is 0 Å². The van der Waals surface area contributed by atoms with Crippen LogP contribution in [0.15, 0.2) is 59.5 Å². The summed E-state index contributed by atoms with van der Waals surface area (Å²) < 4.78 is 32.6. The van der Waals surface area contributed by atoms with E-state index in [9.17, 15) is 8.42 Å². The predicted octanol–water partition coefficient (Wildman–Crippen LogP) is 3.19. The van der Waals surface area contributed by atoms with Crippen molar-refractivity contribution in [1.82, 2.24) is 4.72 Å². The van der Waals surface area contributed by atoms with Crippen molar-refractivity contribution >= 4 is 10.0 Å². The van der Waals surface area contributed by atoms with Gasteiger partial charge in [0.15, 0.2) is 0 Å². The molecule has 1 aliphatic rings. The molecule has 1 N–H and O–H groups in total. The molecule has 0 aromatic heterocycles. The first kappa shape index (κ1) is 16.2. The van der Waals surface area contributed by atoms with Crippen LogP contribution in [-0.4, -0.2) is 21.1 Å². The molecule has 1 saturated heterocycles. The summed E-state index contributed by atoms with van der Waals surface area (Å²) in [6.45, 7) is 2.36. The van der Waals surface area contributed by atoms with Gasteiger partial charge in [-0.25, -0.2) is 13.1 Å². The topological polar surface area (TPSA) is 58.7 Å². The second-order valence-corrected chi connectivity index (χ2v) is 7.63. The van der Waals surface area contributed by atoms with Gasteiger partial charge in [-0.05, 0) is 37.5 Å². The van der Waals surface area contributed by atoms with Crippen LogP contribution in [0, 0.1) is 6.92 Å². The third kappa shape index (κ3) is 4.19. The van der Waals surface area contributed by atoms with Crippen LogP contribution >= 0.6 is 0 Å². The highest BCUT2D eigenvalue weighted by atomic mass is 32.2. The standard InChI is InChI=1S/C18H21NO3S/c1-14-9-11-16(12-10-14)23(20,21)19-13-5-8-17-18(22-17)15-6-3-2-4-7-15/h2-4,6-7,9-12,17-19H,5,8,13H2,1H3/t17-,18-/m1/s1. The Bertz CT molecular complexity index is 742. The van der Waals surface area contributed by atoms with Gasteiger partial charge in [0.05, 0.1) is 11.0 Å². The van der Waals surface area contributed by atoms with Gasteiger partial charge >= 0.3 is 0 Å². The minimum Gasteiger partial charge on any atom is -0.365 e. The Kier molecular flexibility index (Phi) is 4.80. The van der Waals surface area contributed by atoms with Gasteiger partial charge in [0.2, 0.25) is 10.0 Å². The molecule has 0 saturated carbocycles. The maximum absolute atomic E-state index is 12.1. The predicted molar refractivity (Wildman–Crippen MR) is 89.7 cm³/mol. The van der Waals surface area contributed by atoms with E-state index in [1.165, 1.54) is 5.56 Å². The molecule has 2 aromatic rings. The van der Waals surface area contributed by atoms with E-state index in [-0.39, 0.29) is 12.2 Å². The highest BCUT2D eigenvalue weighted by Gasteiger charge is 2.39. The molecule has 0 spiro atoms. The van der Waals surface area contributed by atoms with Gasteiger partial charge in [-0.1, -0.05) is 48.0 Å². The molecule has 0 aliphatic carbocycles. The Morgan fingerprint density at radius 1 is 1.04 bits per heavy atom. The minimum absolute atomic E-state index is 0.171. The number of nitrogens with one attached hydrogen (secondary N) is 1. The second-order valence-electron chi connectivity index (χ2n) is 5.86. The number of aryl methyl sites for hydroxylation is 1. The Morgan fingerprint density at radius 3 is 2.43 bits per heavy atom. The van der Waals surface area contributed by atoms with Crippen LogP contribution < -0.4 is 4.72 Å². The molecule has 2 atom stereocenters. The van der Waals surface area contributed by atoms with Crippen LogP contribution in [0.25, 0.3) is 0 Å². The normalized spacial score (nSPS) is 20.4. The Morgan fingerprint density at radius 2 is 1.74 bits per heavy atom. The SMILES string of the molecule is Cc1ccc(S(=O)(=O)NCCC[C@H]2O[C@@H]2c2ccccc2)cc1. The Hall–Kier alpha value is -1.69. The van der Waals surface area contributed by atoms with E-state index in [1.807, 2.05) is 25.1 Å². The van der Waals surface area contributed by atoms with Crippen LogP contribution in [0.3, 0.4) is 0 Å². The lowest BCUT2D eigenvalue weighted by Crippen LogP contribution is -2.25. The molecule has 0 amide bonds. The summed E-state index contributed by atoms with van der Waals surface area (Å²) in [6, 6.07) is 17.0. The molecule has 2 aromatic carbocycles. The molecule has 3 rings (SSSR count). The number of hydrogen-bond donors (Lipinski definition) is 1. The van der Waals surface area contributed by atoms with Crippen molar-refractivity contribution in [2.45, 2.75) is 36.9 Å². The number of benzene rings is 2. The Labute approximate surface area is 137 Å². The van der Waals surface area contributed by atoms with Gasteiger partial charge in [0, 0.05) is 6.54 Å². The fourth-order valence-corrected chi connectivity index (χ4v) is 3.68. The molecule has 4 nitrogen and oxygen atoms in total. The summed E-state index contributed by atoms with van der Waals surface area (Å²) in [5.74, 6) is 0. The van der Waals surface area contributed by atoms with E-state index in [0.717, 1.165) is 18.4 Å². The summed E-state index contributed by atoms with van der Waals surface area (Å²) in [4.78, 5) is 0.313. The van der Waals surface area contributed by atoms with Gasteiger partial charge in [-0.2, -0.15) is 0 Å². The van der Waals surface area contributed by atoms with Crippen LogP contribution in [-0.2, 0) is 14.8 Å². The first-order valence-corrected chi connectivity index (χ1v) is 9.31. The fraction of sp³-hybridized carbons (Fsp3) is 0.333. The van der Waals surface area contributed by atoms with Crippen LogP contribution in [0.4, 0.5) is 0 Å². The van der Waals surface area contributed by atoms with Gasteiger partial charge in [-0.3, -0.25) is 0 Å². The summed E-state index contributed by atoms with van der Waals surface area (Å²) in [5.41, 5.74) is 2.24. The maximum atomic E-state index is 12.1. The molecule has 1 heterocycles. The maximum Gasteiger partial charge on any atom is 0.240 e. The lowest BCUT2D eigenvalue weighted by molar-refractivity contribution is 0.363. The van der Waals surface area contributed by atoms with Crippen molar-refractivity contribution in [2.24, 2.45) is 0 Å². The smallest absolute Gasteiger partial charge is 0.240 e. The number of hydrogen-bond acceptors (Lipinski definition) is 3. The second kappa shape index (κ2) is 6.83. The van der Waals surface area contributed by atoms with E-state index in [4.69, 9.17) is 4.74 Å². The molecule has 1 aliphatic heterocycles. The molecule has 23 heavy (non-hydrogen) atoms. The van der Waals surface area contributed by atoms with E-state index >= 15 is 0 Å². The molecule has 1 fully saturated rings. The molecule has 122 valence electrons. The third-order valence-corrected chi connectivity index (χ3v) is 5.48. The number of sulfonamides is 1.